The fourth-order valence-corrected chi connectivity index (χ4v) is 4.92. The van der Waals surface area contributed by atoms with Crippen LogP contribution in [0.5, 0.6) is 0 Å². The van der Waals surface area contributed by atoms with Gasteiger partial charge in [-0.25, -0.2) is 4.79 Å². The molecular formula is C22H23BrO6. The minimum Gasteiger partial charge on any atom is -0.460 e. The molecule has 2 bridgehead atoms. The second-order valence-corrected chi connectivity index (χ2v) is 8.69. The number of fused-ring (bicyclic) bond motifs is 3. The van der Waals surface area contributed by atoms with E-state index in [1.165, 1.54) is 0 Å². The van der Waals surface area contributed by atoms with Crippen molar-refractivity contribution in [2.45, 2.75) is 45.6 Å². The Morgan fingerprint density at radius 3 is 2.59 bits per heavy atom. The van der Waals surface area contributed by atoms with Gasteiger partial charge in [0.2, 0.25) is 5.76 Å². The average Bonchev–Trinajstić information content (AvgIpc) is 3.04. The molecule has 4 rings (SSSR count). The van der Waals surface area contributed by atoms with Gasteiger partial charge in [-0.2, -0.15) is 0 Å². The highest BCUT2D eigenvalue weighted by Gasteiger charge is 2.42. The van der Waals surface area contributed by atoms with E-state index in [1.54, 1.807) is 13.0 Å². The maximum atomic E-state index is 12.8. The van der Waals surface area contributed by atoms with Crippen molar-refractivity contribution < 1.29 is 28.3 Å². The van der Waals surface area contributed by atoms with Crippen molar-refractivity contribution in [2.75, 3.05) is 6.61 Å². The summed E-state index contributed by atoms with van der Waals surface area (Å²) in [7, 11) is 0. The molecule has 2 fully saturated rings. The molecule has 154 valence electrons. The molecular weight excluding hydrogens is 440 g/mol. The van der Waals surface area contributed by atoms with E-state index in [9.17, 15) is 14.4 Å². The van der Waals surface area contributed by atoms with E-state index < -0.39 is 5.97 Å². The summed E-state index contributed by atoms with van der Waals surface area (Å²) in [6.45, 7) is 1.87. The Kier molecular flexibility index (Phi) is 5.76. The molecule has 2 aliphatic carbocycles. The molecule has 0 amide bonds. The number of furan rings is 1. The third-order valence-electron chi connectivity index (χ3n) is 5.95. The summed E-state index contributed by atoms with van der Waals surface area (Å²) < 4.78 is 17.2. The number of Topliss-reactive ketones (excluding diaryl/α,β-unsaturated/α-hetero) is 1. The third kappa shape index (κ3) is 3.97. The Morgan fingerprint density at radius 1 is 1.17 bits per heavy atom. The Hall–Kier alpha value is -2.15. The van der Waals surface area contributed by atoms with Gasteiger partial charge in [-0.1, -0.05) is 22.4 Å². The summed E-state index contributed by atoms with van der Waals surface area (Å²) in [6, 6.07) is 5.39. The Labute approximate surface area is 177 Å². The van der Waals surface area contributed by atoms with Crippen molar-refractivity contribution in [3.8, 4) is 0 Å². The molecule has 29 heavy (non-hydrogen) atoms. The fourth-order valence-electron chi connectivity index (χ4n) is 4.56. The van der Waals surface area contributed by atoms with Crippen LogP contribution in [-0.2, 0) is 25.7 Å². The van der Waals surface area contributed by atoms with Crippen molar-refractivity contribution in [1.82, 2.24) is 0 Å². The van der Waals surface area contributed by atoms with E-state index >= 15 is 0 Å². The van der Waals surface area contributed by atoms with Crippen LogP contribution in [0.1, 0.15) is 55.1 Å². The Morgan fingerprint density at radius 2 is 1.90 bits per heavy atom. The summed E-state index contributed by atoms with van der Waals surface area (Å²) in [5, 5.41) is 0.700. The molecule has 0 aliphatic heterocycles. The van der Waals surface area contributed by atoms with Crippen LogP contribution in [0, 0.1) is 17.8 Å². The SMILES string of the molecule is CCOC(=O)c1oc2ccc(Br)cc2c1COC(=O)C1CC2CCCC(C1)C2=O. The van der Waals surface area contributed by atoms with Gasteiger partial charge in [-0.15, -0.1) is 0 Å². The Bertz CT molecular complexity index is 946. The molecule has 2 aromatic rings. The molecule has 0 radical (unpaired) electrons. The van der Waals surface area contributed by atoms with Crippen molar-refractivity contribution in [3.05, 3.63) is 34.0 Å². The zero-order valence-corrected chi connectivity index (χ0v) is 17.8. The largest absolute Gasteiger partial charge is 0.460 e. The number of benzene rings is 1. The van der Waals surface area contributed by atoms with Crippen LogP contribution in [0.2, 0.25) is 0 Å². The first kappa shape index (κ1) is 20.1. The molecule has 0 spiro atoms. The molecule has 0 N–H and O–H groups in total. The highest BCUT2D eigenvalue weighted by molar-refractivity contribution is 9.10. The van der Waals surface area contributed by atoms with Crippen molar-refractivity contribution in [2.24, 2.45) is 17.8 Å². The number of carbonyl (C=O) groups is 3. The molecule has 1 aromatic heterocycles. The van der Waals surface area contributed by atoms with Crippen LogP contribution in [0.3, 0.4) is 0 Å². The normalized spacial score (nSPS) is 23.8. The lowest BCUT2D eigenvalue weighted by Gasteiger charge is -2.36. The maximum Gasteiger partial charge on any atom is 0.374 e. The average molecular weight is 463 g/mol. The van der Waals surface area contributed by atoms with Crippen molar-refractivity contribution >= 4 is 44.6 Å². The van der Waals surface area contributed by atoms with Gasteiger partial charge in [0.1, 0.15) is 18.0 Å². The van der Waals surface area contributed by atoms with E-state index in [-0.39, 0.29) is 42.7 Å². The number of ether oxygens (including phenoxy) is 2. The summed E-state index contributed by atoms with van der Waals surface area (Å²) in [6.07, 6.45) is 3.92. The minimum atomic E-state index is -0.580. The van der Waals surface area contributed by atoms with Crippen LogP contribution in [-0.4, -0.2) is 24.3 Å². The first-order chi connectivity index (χ1) is 14.0. The van der Waals surface area contributed by atoms with Crippen LogP contribution in [0.25, 0.3) is 11.0 Å². The van der Waals surface area contributed by atoms with Gasteiger partial charge in [0, 0.05) is 21.7 Å². The molecule has 1 aromatic carbocycles. The summed E-state index contributed by atoms with van der Waals surface area (Å²) in [5.74, 6) is -0.808. The molecule has 2 atom stereocenters. The standard InChI is InChI=1S/C22H23BrO6/c1-2-27-22(26)20-17(16-10-15(23)6-7-18(16)29-20)11-28-21(25)14-8-12-4-3-5-13(9-14)19(12)24/h6-7,10,12-14H,2-5,8-9,11H2,1H3. The molecule has 1 heterocycles. The van der Waals surface area contributed by atoms with Crippen LogP contribution >= 0.6 is 15.9 Å². The van der Waals surface area contributed by atoms with E-state index in [0.29, 0.717) is 35.2 Å². The first-order valence-corrected chi connectivity index (χ1v) is 10.9. The lowest BCUT2D eigenvalue weighted by atomic mass is 9.67. The molecule has 6 nitrogen and oxygen atoms in total. The van der Waals surface area contributed by atoms with Gasteiger partial charge in [-0.3, -0.25) is 9.59 Å². The predicted octanol–water partition coefficient (Wildman–Crippen LogP) is 4.81. The minimum absolute atomic E-state index is 0.0131. The fraction of sp³-hybridized carbons (Fsp3) is 0.500. The smallest absolute Gasteiger partial charge is 0.374 e. The quantitative estimate of drug-likeness (QED) is 0.592. The predicted molar refractivity (Wildman–Crippen MR) is 108 cm³/mol. The lowest BCUT2D eigenvalue weighted by Crippen LogP contribution is -2.39. The van der Waals surface area contributed by atoms with Gasteiger partial charge in [0.05, 0.1) is 18.1 Å². The van der Waals surface area contributed by atoms with Crippen molar-refractivity contribution in [3.63, 3.8) is 0 Å². The molecule has 2 unspecified atom stereocenters. The van der Waals surface area contributed by atoms with E-state index in [2.05, 4.69) is 15.9 Å². The van der Waals surface area contributed by atoms with Gasteiger partial charge < -0.3 is 13.9 Å². The summed E-state index contributed by atoms with van der Waals surface area (Å²) in [5.41, 5.74) is 1.03. The van der Waals surface area contributed by atoms with Crippen LogP contribution in [0.4, 0.5) is 0 Å². The number of esters is 2. The highest BCUT2D eigenvalue weighted by atomic mass is 79.9. The van der Waals surface area contributed by atoms with Gasteiger partial charge in [-0.05, 0) is 50.8 Å². The molecule has 2 saturated carbocycles. The molecule has 7 heteroatoms. The zero-order chi connectivity index (χ0) is 20.5. The topological polar surface area (TPSA) is 82.8 Å². The Balaban J connectivity index is 1.53. The molecule has 2 aliphatic rings. The number of hydrogen-bond donors (Lipinski definition) is 0. The number of halogens is 1. The van der Waals surface area contributed by atoms with E-state index in [1.807, 2.05) is 12.1 Å². The zero-order valence-electron chi connectivity index (χ0n) is 16.2. The van der Waals surface area contributed by atoms with Gasteiger partial charge in [0.25, 0.3) is 0 Å². The van der Waals surface area contributed by atoms with E-state index in [4.69, 9.17) is 13.9 Å². The van der Waals surface area contributed by atoms with Crippen LogP contribution < -0.4 is 0 Å². The number of ketones is 1. The van der Waals surface area contributed by atoms with Crippen molar-refractivity contribution in [1.29, 1.82) is 0 Å². The number of hydrogen-bond acceptors (Lipinski definition) is 6. The number of carbonyl (C=O) groups excluding carboxylic acids is 3. The van der Waals surface area contributed by atoms with Crippen LogP contribution in [0.15, 0.2) is 27.1 Å². The van der Waals surface area contributed by atoms with E-state index in [0.717, 1.165) is 23.7 Å². The van der Waals surface area contributed by atoms with Gasteiger partial charge >= 0.3 is 11.9 Å². The number of rotatable bonds is 5. The monoisotopic (exact) mass is 462 g/mol. The van der Waals surface area contributed by atoms with Gasteiger partial charge in [0.15, 0.2) is 0 Å². The third-order valence-corrected chi connectivity index (χ3v) is 6.45. The highest BCUT2D eigenvalue weighted by Crippen LogP contribution is 2.40. The maximum absolute atomic E-state index is 12.8. The lowest BCUT2D eigenvalue weighted by molar-refractivity contribution is -0.154. The second-order valence-electron chi connectivity index (χ2n) is 7.77. The second kappa shape index (κ2) is 8.30. The summed E-state index contributed by atoms with van der Waals surface area (Å²) >= 11 is 3.42. The molecule has 0 saturated heterocycles. The summed E-state index contributed by atoms with van der Waals surface area (Å²) in [4.78, 5) is 37.3. The first-order valence-electron chi connectivity index (χ1n) is 10.1.